The van der Waals surface area contributed by atoms with Gasteiger partial charge in [0.15, 0.2) is 0 Å². The highest BCUT2D eigenvalue weighted by atomic mass is 16.5. The third kappa shape index (κ3) is 3.03. The van der Waals surface area contributed by atoms with Gasteiger partial charge in [-0.3, -0.25) is 4.79 Å². The molecule has 22 heavy (non-hydrogen) atoms. The third-order valence-corrected chi connectivity index (χ3v) is 3.85. The molecule has 0 unspecified atom stereocenters. The first kappa shape index (κ1) is 14.4. The first-order valence-electron chi connectivity index (χ1n) is 7.38. The molecule has 1 saturated heterocycles. The van der Waals surface area contributed by atoms with Crippen LogP contribution < -0.4 is 15.0 Å². The number of ether oxygens (including phenoxy) is 1. The fourth-order valence-electron chi connectivity index (χ4n) is 2.72. The van der Waals surface area contributed by atoms with E-state index in [2.05, 4.69) is 15.2 Å². The molecule has 5 nitrogen and oxygen atoms in total. The molecule has 0 bridgehead atoms. The molecule has 0 saturated carbocycles. The molecule has 1 aromatic carbocycles. The zero-order valence-electron chi connectivity index (χ0n) is 12.5. The van der Waals surface area contributed by atoms with Crippen molar-refractivity contribution in [3.63, 3.8) is 0 Å². The van der Waals surface area contributed by atoms with Gasteiger partial charge in [-0.05, 0) is 30.7 Å². The molecule has 114 valence electrons. The van der Waals surface area contributed by atoms with Crippen molar-refractivity contribution in [3.8, 4) is 5.75 Å². The molecule has 2 heterocycles. The molecule has 1 amide bonds. The van der Waals surface area contributed by atoms with Crippen LogP contribution in [0.15, 0.2) is 48.7 Å². The minimum atomic E-state index is -0.0923. The Morgan fingerprint density at radius 2 is 2.09 bits per heavy atom. The monoisotopic (exact) mass is 297 g/mol. The van der Waals surface area contributed by atoms with Crippen molar-refractivity contribution < 1.29 is 9.53 Å². The zero-order chi connectivity index (χ0) is 15.4. The highest BCUT2D eigenvalue weighted by molar-refractivity contribution is 5.97. The van der Waals surface area contributed by atoms with Gasteiger partial charge in [0.25, 0.3) is 5.91 Å². The van der Waals surface area contributed by atoms with Gasteiger partial charge in [0, 0.05) is 25.3 Å². The summed E-state index contributed by atoms with van der Waals surface area (Å²) in [5, 5.41) is 3.08. The Kier molecular flexibility index (Phi) is 4.23. The van der Waals surface area contributed by atoms with Crippen LogP contribution in [0.3, 0.4) is 0 Å². The second-order valence-electron chi connectivity index (χ2n) is 5.29. The maximum absolute atomic E-state index is 12.4. The van der Waals surface area contributed by atoms with Gasteiger partial charge in [0.1, 0.15) is 11.6 Å². The van der Waals surface area contributed by atoms with Gasteiger partial charge >= 0.3 is 0 Å². The maximum atomic E-state index is 12.4. The predicted octanol–water partition coefficient (Wildman–Crippen LogP) is 2.10. The molecule has 1 aliphatic rings. The SMILES string of the molecule is COc1ccccc1C(=O)N[C@@H]1CCN(c2ccccn2)C1. The molecule has 1 N–H and O–H groups in total. The van der Waals surface area contributed by atoms with Crippen molar-refractivity contribution in [2.24, 2.45) is 0 Å². The van der Waals surface area contributed by atoms with E-state index in [1.807, 2.05) is 30.3 Å². The summed E-state index contributed by atoms with van der Waals surface area (Å²) in [6, 6.07) is 13.3. The van der Waals surface area contributed by atoms with E-state index in [-0.39, 0.29) is 11.9 Å². The van der Waals surface area contributed by atoms with Crippen LogP contribution in [-0.2, 0) is 0 Å². The lowest BCUT2D eigenvalue weighted by atomic mass is 10.1. The number of carbonyl (C=O) groups is 1. The fourth-order valence-corrected chi connectivity index (χ4v) is 2.72. The number of anilines is 1. The topological polar surface area (TPSA) is 54.5 Å². The van der Waals surface area contributed by atoms with E-state index in [0.717, 1.165) is 25.3 Å². The maximum Gasteiger partial charge on any atom is 0.255 e. The molecule has 0 spiro atoms. The van der Waals surface area contributed by atoms with Crippen LogP contribution in [-0.4, -0.2) is 37.1 Å². The van der Waals surface area contributed by atoms with Crippen molar-refractivity contribution in [2.75, 3.05) is 25.1 Å². The quantitative estimate of drug-likeness (QED) is 0.939. The molecule has 1 aliphatic heterocycles. The van der Waals surface area contributed by atoms with Gasteiger partial charge in [-0.25, -0.2) is 4.98 Å². The highest BCUT2D eigenvalue weighted by Crippen LogP contribution is 2.20. The van der Waals surface area contributed by atoms with Gasteiger partial charge in [0.2, 0.25) is 0 Å². The lowest BCUT2D eigenvalue weighted by molar-refractivity contribution is 0.0937. The van der Waals surface area contributed by atoms with E-state index >= 15 is 0 Å². The molecule has 1 atom stereocenters. The van der Waals surface area contributed by atoms with Crippen molar-refractivity contribution in [1.82, 2.24) is 10.3 Å². The highest BCUT2D eigenvalue weighted by Gasteiger charge is 2.25. The number of rotatable bonds is 4. The zero-order valence-corrected chi connectivity index (χ0v) is 12.5. The van der Waals surface area contributed by atoms with Gasteiger partial charge in [-0.2, -0.15) is 0 Å². The number of methoxy groups -OCH3 is 1. The summed E-state index contributed by atoms with van der Waals surface area (Å²) >= 11 is 0. The van der Waals surface area contributed by atoms with Crippen molar-refractivity contribution in [1.29, 1.82) is 0 Å². The van der Waals surface area contributed by atoms with Crippen molar-refractivity contribution >= 4 is 11.7 Å². The summed E-state index contributed by atoms with van der Waals surface area (Å²) in [5.74, 6) is 1.46. The Bertz CT molecular complexity index is 645. The third-order valence-electron chi connectivity index (χ3n) is 3.85. The Hall–Kier alpha value is -2.56. The van der Waals surface area contributed by atoms with E-state index < -0.39 is 0 Å². The standard InChI is InChI=1S/C17H19N3O2/c1-22-15-7-3-2-6-14(15)17(21)19-13-9-11-20(12-13)16-8-4-5-10-18-16/h2-8,10,13H,9,11-12H2,1H3,(H,19,21)/t13-/m1/s1. The summed E-state index contributed by atoms with van der Waals surface area (Å²) in [4.78, 5) is 18.9. The molecule has 5 heteroatoms. The van der Waals surface area contributed by atoms with Gasteiger partial charge in [-0.1, -0.05) is 18.2 Å². The second kappa shape index (κ2) is 6.47. The largest absolute Gasteiger partial charge is 0.496 e. The minimum absolute atomic E-state index is 0.0923. The predicted molar refractivity (Wildman–Crippen MR) is 85.3 cm³/mol. The smallest absolute Gasteiger partial charge is 0.255 e. The first-order valence-corrected chi connectivity index (χ1v) is 7.38. The van der Waals surface area contributed by atoms with Crippen molar-refractivity contribution in [2.45, 2.75) is 12.5 Å². The van der Waals surface area contributed by atoms with Crippen molar-refractivity contribution in [3.05, 3.63) is 54.2 Å². The van der Waals surface area contributed by atoms with Crippen LogP contribution in [0.25, 0.3) is 0 Å². The van der Waals surface area contributed by atoms with E-state index in [0.29, 0.717) is 11.3 Å². The van der Waals surface area contributed by atoms with Crippen LogP contribution in [0.4, 0.5) is 5.82 Å². The van der Waals surface area contributed by atoms with Crippen LogP contribution >= 0.6 is 0 Å². The number of aromatic nitrogens is 1. The molecule has 0 aliphatic carbocycles. The molecule has 0 radical (unpaired) electrons. The number of benzene rings is 1. The van der Waals surface area contributed by atoms with Crippen LogP contribution in [0.5, 0.6) is 5.75 Å². The lowest BCUT2D eigenvalue weighted by Gasteiger charge is -2.18. The van der Waals surface area contributed by atoms with Crippen LogP contribution in [0.2, 0.25) is 0 Å². The van der Waals surface area contributed by atoms with E-state index in [1.54, 1.807) is 25.4 Å². The number of hydrogen-bond donors (Lipinski definition) is 1. The number of amides is 1. The van der Waals surface area contributed by atoms with E-state index in [1.165, 1.54) is 0 Å². The fraction of sp³-hybridized carbons (Fsp3) is 0.294. The van der Waals surface area contributed by atoms with Gasteiger partial charge < -0.3 is 15.0 Å². The van der Waals surface area contributed by atoms with Crippen LogP contribution in [0, 0.1) is 0 Å². The summed E-state index contributed by atoms with van der Waals surface area (Å²) < 4.78 is 5.24. The van der Waals surface area contributed by atoms with Gasteiger partial charge in [0.05, 0.1) is 12.7 Å². The molecular formula is C17H19N3O2. The Balaban J connectivity index is 1.64. The first-order chi connectivity index (χ1) is 10.8. The Morgan fingerprint density at radius 3 is 2.86 bits per heavy atom. The number of nitrogens with zero attached hydrogens (tertiary/aromatic N) is 2. The number of carbonyl (C=O) groups excluding carboxylic acids is 1. The summed E-state index contributed by atoms with van der Waals surface area (Å²) in [6.07, 6.45) is 2.70. The summed E-state index contributed by atoms with van der Waals surface area (Å²) in [6.45, 7) is 1.67. The Morgan fingerprint density at radius 1 is 1.27 bits per heavy atom. The molecular weight excluding hydrogens is 278 g/mol. The lowest BCUT2D eigenvalue weighted by Crippen LogP contribution is -2.37. The molecule has 3 rings (SSSR count). The van der Waals surface area contributed by atoms with Crippen LogP contribution in [0.1, 0.15) is 16.8 Å². The van der Waals surface area contributed by atoms with Gasteiger partial charge in [-0.15, -0.1) is 0 Å². The minimum Gasteiger partial charge on any atom is -0.496 e. The Labute approximate surface area is 129 Å². The molecule has 1 fully saturated rings. The second-order valence-corrected chi connectivity index (χ2v) is 5.29. The number of nitrogens with one attached hydrogen (secondary N) is 1. The average molecular weight is 297 g/mol. The molecule has 2 aromatic rings. The summed E-state index contributed by atoms with van der Waals surface area (Å²) in [7, 11) is 1.57. The number of para-hydroxylation sites is 1. The number of pyridine rings is 1. The summed E-state index contributed by atoms with van der Waals surface area (Å²) in [5.41, 5.74) is 0.571. The normalized spacial score (nSPS) is 17.3. The van der Waals surface area contributed by atoms with E-state index in [4.69, 9.17) is 4.74 Å². The number of hydrogen-bond acceptors (Lipinski definition) is 4. The average Bonchev–Trinajstić information content (AvgIpc) is 3.04. The molecule has 1 aromatic heterocycles. The van der Waals surface area contributed by atoms with E-state index in [9.17, 15) is 4.79 Å².